The molecular weight excluding hydrogens is 250 g/mol. The summed E-state index contributed by atoms with van der Waals surface area (Å²) in [6, 6.07) is 8.64. The Labute approximate surface area is 122 Å². The van der Waals surface area contributed by atoms with Crippen molar-refractivity contribution >= 4 is 0 Å². The van der Waals surface area contributed by atoms with Gasteiger partial charge in [-0.3, -0.25) is 0 Å². The first-order valence-electron chi connectivity index (χ1n) is 7.70. The summed E-state index contributed by atoms with van der Waals surface area (Å²) in [6.07, 6.45) is 3.33. The second-order valence-electron chi connectivity index (χ2n) is 6.02. The van der Waals surface area contributed by atoms with E-state index < -0.39 is 0 Å². The molecular formula is C17H27NO2. The number of ether oxygens (including phenoxy) is 2. The minimum absolute atomic E-state index is 0.210. The van der Waals surface area contributed by atoms with Crippen molar-refractivity contribution in [1.82, 2.24) is 5.32 Å². The zero-order valence-corrected chi connectivity index (χ0v) is 13.1. The van der Waals surface area contributed by atoms with Crippen molar-refractivity contribution in [1.29, 1.82) is 0 Å². The smallest absolute Gasteiger partial charge is 0.120 e. The Morgan fingerprint density at radius 2 is 2.10 bits per heavy atom. The standard InChI is InChI=1S/C17H27NO2/c1-12(2)19-16-7-5-6-15(10-16)14(4)18-11-17-9-8-13(3)20-17/h5-7,10,12-14,17-18H,8-9,11H2,1-4H3. The van der Waals surface area contributed by atoms with Crippen molar-refractivity contribution < 1.29 is 9.47 Å². The van der Waals surface area contributed by atoms with Gasteiger partial charge in [-0.25, -0.2) is 0 Å². The Balaban J connectivity index is 1.86. The van der Waals surface area contributed by atoms with Crippen molar-refractivity contribution in [3.63, 3.8) is 0 Å². The predicted octanol–water partition coefficient (Wildman–Crippen LogP) is 3.69. The van der Waals surface area contributed by atoms with Gasteiger partial charge in [0.25, 0.3) is 0 Å². The molecule has 1 saturated heterocycles. The molecule has 0 bridgehead atoms. The van der Waals surface area contributed by atoms with E-state index in [2.05, 4.69) is 37.4 Å². The Morgan fingerprint density at radius 1 is 1.30 bits per heavy atom. The molecule has 3 atom stereocenters. The fourth-order valence-electron chi connectivity index (χ4n) is 2.59. The van der Waals surface area contributed by atoms with E-state index in [4.69, 9.17) is 9.47 Å². The van der Waals surface area contributed by atoms with Crippen LogP contribution in [0.2, 0.25) is 0 Å². The highest BCUT2D eigenvalue weighted by atomic mass is 16.5. The van der Waals surface area contributed by atoms with Gasteiger partial charge in [0, 0.05) is 12.6 Å². The van der Waals surface area contributed by atoms with Gasteiger partial charge in [-0.2, -0.15) is 0 Å². The van der Waals surface area contributed by atoms with Crippen LogP contribution >= 0.6 is 0 Å². The summed E-state index contributed by atoms with van der Waals surface area (Å²) < 4.78 is 11.6. The van der Waals surface area contributed by atoms with Gasteiger partial charge in [0.15, 0.2) is 0 Å². The van der Waals surface area contributed by atoms with Crippen molar-refractivity contribution in [2.75, 3.05) is 6.54 Å². The predicted molar refractivity (Wildman–Crippen MR) is 82.2 cm³/mol. The van der Waals surface area contributed by atoms with Gasteiger partial charge in [0.1, 0.15) is 5.75 Å². The molecule has 2 rings (SSSR count). The lowest BCUT2D eigenvalue weighted by Gasteiger charge is -2.19. The van der Waals surface area contributed by atoms with E-state index >= 15 is 0 Å². The van der Waals surface area contributed by atoms with E-state index in [1.165, 1.54) is 12.0 Å². The first-order valence-corrected chi connectivity index (χ1v) is 7.70. The van der Waals surface area contributed by atoms with Gasteiger partial charge in [-0.1, -0.05) is 12.1 Å². The van der Waals surface area contributed by atoms with Crippen LogP contribution in [-0.4, -0.2) is 24.9 Å². The van der Waals surface area contributed by atoms with Crippen LogP contribution in [0, 0.1) is 0 Å². The van der Waals surface area contributed by atoms with Crippen LogP contribution in [0.25, 0.3) is 0 Å². The summed E-state index contributed by atoms with van der Waals surface area (Å²) >= 11 is 0. The molecule has 20 heavy (non-hydrogen) atoms. The van der Waals surface area contributed by atoms with Gasteiger partial charge in [0.2, 0.25) is 0 Å². The maximum atomic E-state index is 5.84. The van der Waals surface area contributed by atoms with Gasteiger partial charge in [-0.05, 0) is 58.2 Å². The third-order valence-electron chi connectivity index (χ3n) is 3.70. The van der Waals surface area contributed by atoms with Gasteiger partial charge in [-0.15, -0.1) is 0 Å². The Bertz CT molecular complexity index is 419. The Kier molecular flexibility index (Phi) is 5.44. The van der Waals surface area contributed by atoms with Crippen molar-refractivity contribution in [3.8, 4) is 5.75 Å². The Hall–Kier alpha value is -1.06. The summed E-state index contributed by atoms with van der Waals surface area (Å²) in [4.78, 5) is 0. The van der Waals surface area contributed by atoms with Crippen LogP contribution < -0.4 is 10.1 Å². The molecule has 0 aromatic heterocycles. The summed E-state index contributed by atoms with van der Waals surface area (Å²) in [6.45, 7) is 9.35. The molecule has 112 valence electrons. The fourth-order valence-corrected chi connectivity index (χ4v) is 2.59. The third-order valence-corrected chi connectivity index (χ3v) is 3.70. The summed E-state index contributed by atoms with van der Waals surface area (Å²) in [5.41, 5.74) is 1.26. The molecule has 3 heteroatoms. The average molecular weight is 277 g/mol. The first kappa shape index (κ1) is 15.3. The second-order valence-corrected chi connectivity index (χ2v) is 6.02. The molecule has 1 aliphatic rings. The van der Waals surface area contributed by atoms with E-state index in [1.54, 1.807) is 0 Å². The van der Waals surface area contributed by atoms with E-state index in [-0.39, 0.29) is 6.10 Å². The molecule has 0 spiro atoms. The largest absolute Gasteiger partial charge is 0.491 e. The van der Waals surface area contributed by atoms with Crippen LogP contribution in [-0.2, 0) is 4.74 Å². The molecule has 1 aromatic rings. The van der Waals surface area contributed by atoms with Gasteiger partial charge >= 0.3 is 0 Å². The molecule has 1 heterocycles. The summed E-state index contributed by atoms with van der Waals surface area (Å²) in [5, 5.41) is 3.56. The molecule has 1 aliphatic heterocycles. The van der Waals surface area contributed by atoms with Crippen LogP contribution in [0.3, 0.4) is 0 Å². The highest BCUT2D eigenvalue weighted by molar-refractivity contribution is 5.30. The minimum Gasteiger partial charge on any atom is -0.491 e. The van der Waals surface area contributed by atoms with E-state index in [1.807, 2.05) is 19.9 Å². The fraction of sp³-hybridized carbons (Fsp3) is 0.647. The lowest BCUT2D eigenvalue weighted by molar-refractivity contribution is 0.0546. The molecule has 1 N–H and O–H groups in total. The molecule has 0 radical (unpaired) electrons. The van der Waals surface area contributed by atoms with Crippen LogP contribution in [0.5, 0.6) is 5.75 Å². The van der Waals surface area contributed by atoms with Crippen LogP contribution in [0.1, 0.15) is 52.1 Å². The molecule has 3 unspecified atom stereocenters. The number of hydrogen-bond acceptors (Lipinski definition) is 3. The van der Waals surface area contributed by atoms with Gasteiger partial charge in [0.05, 0.1) is 18.3 Å². The topological polar surface area (TPSA) is 30.5 Å². The third kappa shape index (κ3) is 4.50. The van der Waals surface area contributed by atoms with Crippen molar-refractivity contribution in [3.05, 3.63) is 29.8 Å². The molecule has 1 fully saturated rings. The van der Waals surface area contributed by atoms with Gasteiger partial charge < -0.3 is 14.8 Å². The number of hydrogen-bond donors (Lipinski definition) is 1. The monoisotopic (exact) mass is 277 g/mol. The maximum absolute atomic E-state index is 5.84. The van der Waals surface area contributed by atoms with E-state index in [9.17, 15) is 0 Å². The number of nitrogens with one attached hydrogen (secondary N) is 1. The molecule has 0 amide bonds. The molecule has 1 aromatic carbocycles. The quantitative estimate of drug-likeness (QED) is 0.860. The molecule has 3 nitrogen and oxygen atoms in total. The van der Waals surface area contributed by atoms with Crippen molar-refractivity contribution in [2.45, 2.75) is 64.9 Å². The van der Waals surface area contributed by atoms with Crippen LogP contribution in [0.4, 0.5) is 0 Å². The number of benzene rings is 1. The van der Waals surface area contributed by atoms with E-state index in [0.717, 1.165) is 18.7 Å². The number of rotatable bonds is 6. The minimum atomic E-state index is 0.210. The van der Waals surface area contributed by atoms with Crippen LogP contribution in [0.15, 0.2) is 24.3 Å². The highest BCUT2D eigenvalue weighted by Gasteiger charge is 2.21. The summed E-state index contributed by atoms with van der Waals surface area (Å²) in [5.74, 6) is 0.942. The first-order chi connectivity index (χ1) is 9.54. The Morgan fingerprint density at radius 3 is 2.75 bits per heavy atom. The van der Waals surface area contributed by atoms with Crippen molar-refractivity contribution in [2.24, 2.45) is 0 Å². The highest BCUT2D eigenvalue weighted by Crippen LogP contribution is 2.22. The second kappa shape index (κ2) is 7.09. The lowest BCUT2D eigenvalue weighted by atomic mass is 10.1. The zero-order valence-electron chi connectivity index (χ0n) is 13.1. The zero-order chi connectivity index (χ0) is 14.5. The molecule has 0 aliphatic carbocycles. The summed E-state index contributed by atoms with van der Waals surface area (Å²) in [7, 11) is 0. The maximum Gasteiger partial charge on any atom is 0.120 e. The average Bonchev–Trinajstić information content (AvgIpc) is 2.81. The molecule has 0 saturated carbocycles. The lowest BCUT2D eigenvalue weighted by Crippen LogP contribution is -2.29. The SMILES string of the molecule is CC(C)Oc1cccc(C(C)NCC2CCC(C)O2)c1. The van der Waals surface area contributed by atoms with E-state index in [0.29, 0.717) is 18.2 Å². The normalized spacial score (nSPS) is 24.1.